The van der Waals surface area contributed by atoms with Crippen molar-refractivity contribution < 1.29 is 19.5 Å². The van der Waals surface area contributed by atoms with Crippen molar-refractivity contribution in [3.8, 4) is 0 Å². The zero-order valence-electron chi connectivity index (χ0n) is 20.6. The number of rotatable bonds is 5. The summed E-state index contributed by atoms with van der Waals surface area (Å²) in [5, 5.41) is 15.6. The molecule has 7 nitrogen and oxygen atoms in total. The van der Waals surface area contributed by atoms with E-state index in [-0.39, 0.29) is 24.0 Å². The van der Waals surface area contributed by atoms with Crippen LogP contribution in [0.2, 0.25) is 0 Å². The number of carbonyl (C=O) groups excluding carboxylic acids is 3. The van der Waals surface area contributed by atoms with E-state index < -0.39 is 18.0 Å². The Kier molecular flexibility index (Phi) is 11.0. The van der Waals surface area contributed by atoms with E-state index in [9.17, 15) is 19.5 Å². The van der Waals surface area contributed by atoms with Gasteiger partial charge in [-0.1, -0.05) is 81.7 Å². The Bertz CT molecular complexity index is 941. The van der Waals surface area contributed by atoms with Crippen molar-refractivity contribution in [2.24, 2.45) is 0 Å². The summed E-state index contributed by atoms with van der Waals surface area (Å²) in [5.41, 5.74) is 1.72. The van der Waals surface area contributed by atoms with Gasteiger partial charge < -0.3 is 20.7 Å². The minimum absolute atomic E-state index is 0.00570. The van der Waals surface area contributed by atoms with Crippen LogP contribution in [0.1, 0.15) is 97.2 Å². The molecule has 7 heteroatoms. The highest BCUT2D eigenvalue weighted by Crippen LogP contribution is 2.15. The second-order valence-electron chi connectivity index (χ2n) is 9.53. The van der Waals surface area contributed by atoms with Gasteiger partial charge in [0.1, 0.15) is 11.7 Å². The van der Waals surface area contributed by atoms with Gasteiger partial charge in [0.25, 0.3) is 5.91 Å². The largest absolute Gasteiger partial charge is 0.394 e. The summed E-state index contributed by atoms with van der Waals surface area (Å²) in [4.78, 5) is 41.5. The lowest BCUT2D eigenvalue weighted by Gasteiger charge is -2.22. The zero-order valence-corrected chi connectivity index (χ0v) is 20.6. The second kappa shape index (κ2) is 14.5. The van der Waals surface area contributed by atoms with E-state index in [4.69, 9.17) is 0 Å². The van der Waals surface area contributed by atoms with Gasteiger partial charge in [-0.2, -0.15) is 0 Å². The molecule has 0 saturated heterocycles. The molecule has 2 heterocycles. The molecule has 2 amide bonds. The molecule has 0 saturated carbocycles. The summed E-state index contributed by atoms with van der Waals surface area (Å²) < 4.78 is 0. The van der Waals surface area contributed by atoms with Crippen molar-refractivity contribution in [3.05, 3.63) is 59.4 Å². The summed E-state index contributed by atoms with van der Waals surface area (Å²) in [5.74, 6) is -0.703. The first-order valence-electron chi connectivity index (χ1n) is 13.0. The Hall–Kier alpha value is -2.93. The average molecular weight is 482 g/mol. The molecule has 0 radical (unpaired) electrons. The third kappa shape index (κ3) is 8.98. The summed E-state index contributed by atoms with van der Waals surface area (Å²) in [7, 11) is 0. The number of aliphatic hydroxyl groups is 1. The lowest BCUT2D eigenvalue weighted by atomic mass is 10.0. The van der Waals surface area contributed by atoms with Crippen LogP contribution in [-0.2, 0) is 11.2 Å². The van der Waals surface area contributed by atoms with Crippen LogP contribution in [0.25, 0.3) is 0 Å². The van der Waals surface area contributed by atoms with Crippen LogP contribution in [0.4, 0.5) is 0 Å². The summed E-state index contributed by atoms with van der Waals surface area (Å²) in [6, 6.07) is 11.8. The molecule has 0 aliphatic carbocycles. The van der Waals surface area contributed by atoms with Gasteiger partial charge in [0.05, 0.1) is 18.3 Å². The zero-order chi connectivity index (χ0) is 24.9. The Labute approximate surface area is 208 Å². The number of Topliss-reactive ketones (excluding diaryl/α,β-unsaturated/α-hetero) is 1. The first-order chi connectivity index (χ1) is 17.1. The maximum atomic E-state index is 13.1. The first-order valence-corrected chi connectivity index (χ1v) is 13.0. The molecule has 190 valence electrons. The highest BCUT2D eigenvalue weighted by Gasteiger charge is 2.24. The number of aromatic nitrogens is 1. The third-order valence-corrected chi connectivity index (χ3v) is 6.64. The second-order valence-corrected chi connectivity index (χ2v) is 9.53. The molecule has 1 aromatic carbocycles. The van der Waals surface area contributed by atoms with Gasteiger partial charge in [0.15, 0.2) is 5.78 Å². The Morgan fingerprint density at radius 2 is 1.51 bits per heavy atom. The normalized spacial score (nSPS) is 19.7. The molecular formula is C28H39N3O4. The van der Waals surface area contributed by atoms with Crippen LogP contribution < -0.4 is 10.6 Å². The molecule has 0 spiro atoms. The number of fused-ring (bicyclic) bond motifs is 2. The van der Waals surface area contributed by atoms with Gasteiger partial charge in [-0.15, -0.1) is 0 Å². The number of H-pyrrole nitrogens is 1. The number of amides is 2. The van der Waals surface area contributed by atoms with Crippen molar-refractivity contribution in [3.63, 3.8) is 0 Å². The Morgan fingerprint density at radius 3 is 2.20 bits per heavy atom. The fourth-order valence-electron chi connectivity index (χ4n) is 4.56. The van der Waals surface area contributed by atoms with Crippen molar-refractivity contribution in [2.75, 3.05) is 6.61 Å². The van der Waals surface area contributed by atoms with Crippen LogP contribution in [0.15, 0.2) is 42.5 Å². The van der Waals surface area contributed by atoms with Gasteiger partial charge in [-0.25, -0.2) is 0 Å². The van der Waals surface area contributed by atoms with Crippen LogP contribution in [-0.4, -0.2) is 46.4 Å². The fraction of sp³-hybridized carbons (Fsp3) is 0.536. The minimum Gasteiger partial charge on any atom is -0.394 e. The molecule has 1 aliphatic rings. The van der Waals surface area contributed by atoms with Crippen molar-refractivity contribution in [1.82, 2.24) is 15.6 Å². The average Bonchev–Trinajstić information content (AvgIpc) is 3.36. The number of hydrogen-bond acceptors (Lipinski definition) is 4. The van der Waals surface area contributed by atoms with Gasteiger partial charge >= 0.3 is 0 Å². The number of nitrogens with one attached hydrogen (secondary N) is 3. The molecule has 2 atom stereocenters. The quantitative estimate of drug-likeness (QED) is 0.510. The molecule has 0 unspecified atom stereocenters. The van der Waals surface area contributed by atoms with Crippen LogP contribution in [0.3, 0.4) is 0 Å². The molecule has 0 fully saturated rings. The van der Waals surface area contributed by atoms with Crippen molar-refractivity contribution >= 4 is 17.6 Å². The van der Waals surface area contributed by atoms with E-state index >= 15 is 0 Å². The predicted molar refractivity (Wildman–Crippen MR) is 136 cm³/mol. The lowest BCUT2D eigenvalue weighted by Crippen LogP contribution is -2.51. The highest BCUT2D eigenvalue weighted by atomic mass is 16.3. The molecule has 1 aliphatic heterocycles. The highest BCUT2D eigenvalue weighted by molar-refractivity contribution is 5.99. The van der Waals surface area contributed by atoms with Gasteiger partial charge in [0.2, 0.25) is 5.91 Å². The lowest BCUT2D eigenvalue weighted by molar-refractivity contribution is -0.124. The van der Waals surface area contributed by atoms with E-state index in [0.717, 1.165) is 50.5 Å². The monoisotopic (exact) mass is 481 g/mol. The van der Waals surface area contributed by atoms with Gasteiger partial charge in [-0.05, 0) is 37.0 Å². The van der Waals surface area contributed by atoms with E-state index in [1.54, 1.807) is 12.1 Å². The number of aliphatic hydroxyl groups excluding tert-OH is 1. The summed E-state index contributed by atoms with van der Waals surface area (Å²) >= 11 is 0. The summed E-state index contributed by atoms with van der Waals surface area (Å²) in [6.07, 6.45) is 11.0. The number of benzene rings is 1. The molecule has 3 rings (SSSR count). The SMILES string of the molecule is O=C1CCCCCCCCCCC[C@@H](C(=O)N[C@H](CO)Cc2ccccc2)NC(=O)c2ccc1[nH]2. The van der Waals surface area contributed by atoms with Gasteiger partial charge in [-0.3, -0.25) is 14.4 Å². The van der Waals surface area contributed by atoms with E-state index in [2.05, 4.69) is 15.6 Å². The van der Waals surface area contributed by atoms with Crippen LogP contribution >= 0.6 is 0 Å². The van der Waals surface area contributed by atoms with E-state index in [1.165, 1.54) is 12.8 Å². The molecule has 35 heavy (non-hydrogen) atoms. The maximum Gasteiger partial charge on any atom is 0.268 e. The van der Waals surface area contributed by atoms with E-state index in [0.29, 0.717) is 25.0 Å². The maximum absolute atomic E-state index is 13.1. The molecule has 2 aromatic rings. The number of ketones is 1. The Balaban J connectivity index is 1.67. The number of carbonyl (C=O) groups is 3. The number of hydrogen-bond donors (Lipinski definition) is 4. The smallest absolute Gasteiger partial charge is 0.268 e. The summed E-state index contributed by atoms with van der Waals surface area (Å²) in [6.45, 7) is -0.191. The molecule has 4 N–H and O–H groups in total. The molecule has 2 bridgehead atoms. The predicted octanol–water partition coefficient (Wildman–Crippen LogP) is 4.32. The van der Waals surface area contributed by atoms with Crippen LogP contribution in [0, 0.1) is 0 Å². The fourth-order valence-corrected chi connectivity index (χ4v) is 4.56. The Morgan fingerprint density at radius 1 is 0.886 bits per heavy atom. The van der Waals surface area contributed by atoms with E-state index in [1.807, 2.05) is 30.3 Å². The topological polar surface area (TPSA) is 111 Å². The molecular weight excluding hydrogens is 442 g/mol. The molecule has 1 aromatic heterocycles. The number of aromatic amines is 1. The minimum atomic E-state index is -0.714. The van der Waals surface area contributed by atoms with Gasteiger partial charge in [0, 0.05) is 6.42 Å². The standard InChI is InChI=1S/C28H39N3O4/c32-20-22(19-21-13-9-8-10-14-21)29-27(34)24-15-11-6-4-2-1-3-5-7-12-16-26(33)23-17-18-25(30-23)28(35)31-24/h8-10,13-14,17-18,22,24,30,32H,1-7,11-12,15-16,19-20H2,(H,29,34)(H,31,35)/t22-,24-/m0/s1. The third-order valence-electron chi connectivity index (χ3n) is 6.64. The van der Waals surface area contributed by atoms with Crippen molar-refractivity contribution in [1.29, 1.82) is 0 Å². The van der Waals surface area contributed by atoms with Crippen molar-refractivity contribution in [2.45, 2.75) is 89.1 Å². The van der Waals surface area contributed by atoms with Crippen LogP contribution in [0.5, 0.6) is 0 Å². The first kappa shape index (κ1) is 26.7.